The van der Waals surface area contributed by atoms with E-state index in [2.05, 4.69) is 13.8 Å². The minimum Gasteiger partial charge on any atom is -0.330 e. The van der Waals surface area contributed by atoms with Gasteiger partial charge in [0.1, 0.15) is 0 Å². The summed E-state index contributed by atoms with van der Waals surface area (Å²) in [6.07, 6.45) is 7.13. The van der Waals surface area contributed by atoms with Gasteiger partial charge in [-0.1, -0.05) is 39.5 Å². The highest BCUT2D eigenvalue weighted by Gasteiger charge is 2.23. The van der Waals surface area contributed by atoms with Crippen LogP contribution in [0.2, 0.25) is 0 Å². The summed E-state index contributed by atoms with van der Waals surface area (Å²) in [5.41, 5.74) is 5.69. The second-order valence-corrected chi connectivity index (χ2v) is 4.41. The van der Waals surface area contributed by atoms with Crippen molar-refractivity contribution in [2.75, 3.05) is 6.54 Å². The second-order valence-electron chi connectivity index (χ2n) is 4.41. The molecule has 1 saturated carbocycles. The quantitative estimate of drug-likeness (QED) is 0.690. The van der Waals surface area contributed by atoms with E-state index in [-0.39, 0.29) is 0 Å². The number of hydrogen-bond donors (Lipinski definition) is 1. The van der Waals surface area contributed by atoms with E-state index in [0.717, 1.165) is 24.3 Å². The molecule has 1 nitrogen and oxygen atoms in total. The van der Waals surface area contributed by atoms with Crippen LogP contribution < -0.4 is 5.73 Å². The molecule has 12 heavy (non-hydrogen) atoms. The van der Waals surface area contributed by atoms with Crippen LogP contribution in [-0.2, 0) is 0 Å². The van der Waals surface area contributed by atoms with Crippen LogP contribution in [0.25, 0.3) is 0 Å². The average Bonchev–Trinajstić information content (AvgIpc) is 2.17. The van der Waals surface area contributed by atoms with Crippen LogP contribution in [0.15, 0.2) is 0 Å². The molecule has 1 rings (SSSR count). The molecule has 0 aliphatic heterocycles. The van der Waals surface area contributed by atoms with E-state index in [1.807, 2.05) is 0 Å². The van der Waals surface area contributed by atoms with Gasteiger partial charge in [-0.25, -0.2) is 0 Å². The summed E-state index contributed by atoms with van der Waals surface area (Å²) in [5, 5.41) is 0. The molecule has 3 unspecified atom stereocenters. The predicted molar refractivity (Wildman–Crippen MR) is 54.0 cm³/mol. The summed E-state index contributed by atoms with van der Waals surface area (Å²) in [4.78, 5) is 0. The van der Waals surface area contributed by atoms with Gasteiger partial charge in [-0.15, -0.1) is 0 Å². The van der Waals surface area contributed by atoms with Gasteiger partial charge in [0.2, 0.25) is 0 Å². The van der Waals surface area contributed by atoms with Crippen molar-refractivity contribution in [2.24, 2.45) is 23.5 Å². The third-order valence-corrected chi connectivity index (χ3v) is 3.58. The summed E-state index contributed by atoms with van der Waals surface area (Å²) < 4.78 is 0. The molecule has 1 aliphatic rings. The zero-order valence-electron chi connectivity index (χ0n) is 8.55. The maximum Gasteiger partial charge on any atom is -0.00489 e. The van der Waals surface area contributed by atoms with Gasteiger partial charge < -0.3 is 5.73 Å². The molecule has 0 spiro atoms. The van der Waals surface area contributed by atoms with E-state index in [1.165, 1.54) is 32.1 Å². The molecule has 1 heteroatoms. The SMILES string of the molecule is CCC1CCCC(C(C)CN)C1. The molecule has 0 amide bonds. The Morgan fingerprint density at radius 1 is 1.42 bits per heavy atom. The maximum atomic E-state index is 5.69. The van der Waals surface area contributed by atoms with Crippen LogP contribution in [0.4, 0.5) is 0 Å². The molecule has 2 N–H and O–H groups in total. The topological polar surface area (TPSA) is 26.0 Å². The fourth-order valence-corrected chi connectivity index (χ4v) is 2.41. The Labute approximate surface area is 76.7 Å². The van der Waals surface area contributed by atoms with E-state index >= 15 is 0 Å². The van der Waals surface area contributed by atoms with Gasteiger partial charge in [0.25, 0.3) is 0 Å². The highest BCUT2D eigenvalue weighted by atomic mass is 14.6. The predicted octanol–water partition coefficient (Wildman–Crippen LogP) is 2.80. The number of nitrogens with two attached hydrogens (primary N) is 1. The van der Waals surface area contributed by atoms with E-state index in [4.69, 9.17) is 5.73 Å². The van der Waals surface area contributed by atoms with Crippen LogP contribution in [-0.4, -0.2) is 6.54 Å². The summed E-state index contributed by atoms with van der Waals surface area (Å²) in [6.45, 7) is 5.50. The Morgan fingerprint density at radius 3 is 2.75 bits per heavy atom. The fourth-order valence-electron chi connectivity index (χ4n) is 2.41. The van der Waals surface area contributed by atoms with Gasteiger partial charge in [0.15, 0.2) is 0 Å². The van der Waals surface area contributed by atoms with Crippen molar-refractivity contribution in [3.63, 3.8) is 0 Å². The largest absolute Gasteiger partial charge is 0.330 e. The van der Waals surface area contributed by atoms with Crippen molar-refractivity contribution < 1.29 is 0 Å². The monoisotopic (exact) mass is 169 g/mol. The van der Waals surface area contributed by atoms with Crippen LogP contribution >= 0.6 is 0 Å². The molecule has 1 aliphatic carbocycles. The van der Waals surface area contributed by atoms with Gasteiger partial charge in [0, 0.05) is 0 Å². The Bertz CT molecular complexity index is 120. The maximum absolute atomic E-state index is 5.69. The fraction of sp³-hybridized carbons (Fsp3) is 1.00. The highest BCUT2D eigenvalue weighted by Crippen LogP contribution is 2.34. The summed E-state index contributed by atoms with van der Waals surface area (Å²) >= 11 is 0. The lowest BCUT2D eigenvalue weighted by Gasteiger charge is -2.32. The summed E-state index contributed by atoms with van der Waals surface area (Å²) in [7, 11) is 0. The smallest absolute Gasteiger partial charge is 0.00489 e. The normalized spacial score (nSPS) is 33.2. The molecule has 0 saturated heterocycles. The number of hydrogen-bond acceptors (Lipinski definition) is 1. The zero-order chi connectivity index (χ0) is 8.97. The van der Waals surface area contributed by atoms with Gasteiger partial charge >= 0.3 is 0 Å². The van der Waals surface area contributed by atoms with E-state index < -0.39 is 0 Å². The average molecular weight is 169 g/mol. The molecular weight excluding hydrogens is 146 g/mol. The van der Waals surface area contributed by atoms with Crippen LogP contribution in [0.3, 0.4) is 0 Å². The molecule has 0 aromatic rings. The minimum absolute atomic E-state index is 0.749. The van der Waals surface area contributed by atoms with Gasteiger partial charge in [-0.2, -0.15) is 0 Å². The summed E-state index contributed by atoms with van der Waals surface area (Å²) in [5.74, 6) is 2.67. The molecule has 0 heterocycles. The standard InChI is InChI=1S/C11H23N/c1-3-10-5-4-6-11(7-10)9(2)8-12/h9-11H,3-8,12H2,1-2H3. The third kappa shape index (κ3) is 2.48. The first kappa shape index (κ1) is 10.0. The first-order chi connectivity index (χ1) is 5.77. The van der Waals surface area contributed by atoms with Crippen molar-refractivity contribution in [3.8, 4) is 0 Å². The van der Waals surface area contributed by atoms with Crippen LogP contribution in [0, 0.1) is 17.8 Å². The zero-order valence-corrected chi connectivity index (χ0v) is 8.55. The molecule has 72 valence electrons. The Balaban J connectivity index is 2.34. The van der Waals surface area contributed by atoms with Crippen LogP contribution in [0.5, 0.6) is 0 Å². The lowest BCUT2D eigenvalue weighted by molar-refractivity contribution is 0.205. The molecule has 0 bridgehead atoms. The molecular formula is C11H23N. The van der Waals surface area contributed by atoms with Gasteiger partial charge in [0.05, 0.1) is 0 Å². The highest BCUT2D eigenvalue weighted by molar-refractivity contribution is 4.76. The van der Waals surface area contributed by atoms with Gasteiger partial charge in [-0.3, -0.25) is 0 Å². The van der Waals surface area contributed by atoms with E-state index in [0.29, 0.717) is 0 Å². The van der Waals surface area contributed by atoms with Crippen molar-refractivity contribution in [1.82, 2.24) is 0 Å². The van der Waals surface area contributed by atoms with Crippen molar-refractivity contribution in [2.45, 2.75) is 46.0 Å². The Morgan fingerprint density at radius 2 is 2.17 bits per heavy atom. The third-order valence-electron chi connectivity index (χ3n) is 3.58. The minimum atomic E-state index is 0.749. The molecule has 0 radical (unpaired) electrons. The second kappa shape index (κ2) is 4.86. The lowest BCUT2D eigenvalue weighted by atomic mass is 9.75. The van der Waals surface area contributed by atoms with Crippen molar-refractivity contribution in [1.29, 1.82) is 0 Å². The Hall–Kier alpha value is -0.0400. The first-order valence-electron chi connectivity index (χ1n) is 5.48. The molecule has 0 aromatic heterocycles. The molecule has 0 aromatic carbocycles. The van der Waals surface area contributed by atoms with Crippen LogP contribution in [0.1, 0.15) is 46.0 Å². The van der Waals surface area contributed by atoms with Crippen molar-refractivity contribution >= 4 is 0 Å². The van der Waals surface area contributed by atoms with E-state index in [9.17, 15) is 0 Å². The molecule has 1 fully saturated rings. The Kier molecular flexibility index (Phi) is 4.07. The lowest BCUT2D eigenvalue weighted by Crippen LogP contribution is -2.25. The first-order valence-corrected chi connectivity index (χ1v) is 5.48. The van der Waals surface area contributed by atoms with Crippen molar-refractivity contribution in [3.05, 3.63) is 0 Å². The molecule has 3 atom stereocenters. The van der Waals surface area contributed by atoms with E-state index in [1.54, 1.807) is 0 Å². The number of rotatable bonds is 3. The van der Waals surface area contributed by atoms with Gasteiger partial charge in [-0.05, 0) is 30.7 Å². The summed E-state index contributed by atoms with van der Waals surface area (Å²) in [6, 6.07) is 0.